The van der Waals surface area contributed by atoms with Crippen molar-refractivity contribution < 1.29 is 18.8 Å². The first-order valence-corrected chi connectivity index (χ1v) is 14.9. The van der Waals surface area contributed by atoms with Crippen LogP contribution in [0.25, 0.3) is 23.1 Å². The maximum atomic E-state index is 14.2. The van der Waals surface area contributed by atoms with Gasteiger partial charge in [-0.05, 0) is 72.9 Å². The van der Waals surface area contributed by atoms with E-state index in [1.54, 1.807) is 56.1 Å². The van der Waals surface area contributed by atoms with Gasteiger partial charge in [0.05, 0.1) is 41.0 Å². The highest BCUT2D eigenvalue weighted by Gasteiger charge is 2.34. The van der Waals surface area contributed by atoms with E-state index in [9.17, 15) is 14.9 Å². The van der Waals surface area contributed by atoms with E-state index in [1.165, 1.54) is 23.0 Å². The molecule has 5 aromatic rings. The Labute approximate surface area is 255 Å². The number of methoxy groups -OCH3 is 2. The van der Waals surface area contributed by atoms with Crippen LogP contribution >= 0.6 is 11.3 Å². The number of nitro benzene ring substituents is 1. The number of nitrogens with zero attached hydrogens (tertiary/aromatic N) is 3. The van der Waals surface area contributed by atoms with E-state index in [-0.39, 0.29) is 11.2 Å². The number of fused-ring (bicyclic) bond motifs is 3. The third kappa shape index (κ3) is 4.55. The van der Waals surface area contributed by atoms with Crippen molar-refractivity contribution in [1.29, 1.82) is 0 Å². The van der Waals surface area contributed by atoms with Crippen LogP contribution in [-0.4, -0.2) is 23.7 Å². The minimum Gasteiger partial charge on any atom is -0.497 e. The molecular weight excluding hydrogens is 578 g/mol. The lowest BCUT2D eigenvalue weighted by Gasteiger charge is -2.31. The maximum Gasteiger partial charge on any atom is 0.280 e. The van der Waals surface area contributed by atoms with Gasteiger partial charge < -0.3 is 13.9 Å². The van der Waals surface area contributed by atoms with Crippen LogP contribution in [0.3, 0.4) is 0 Å². The van der Waals surface area contributed by atoms with Crippen LogP contribution in [-0.2, 0) is 6.42 Å². The lowest BCUT2D eigenvalue weighted by Crippen LogP contribution is -2.39. The zero-order valence-electron chi connectivity index (χ0n) is 24.2. The quantitative estimate of drug-likeness (QED) is 0.178. The molecule has 220 valence electrons. The highest BCUT2D eigenvalue weighted by molar-refractivity contribution is 7.07. The smallest absolute Gasteiger partial charge is 0.280 e. The molecule has 44 heavy (non-hydrogen) atoms. The Morgan fingerprint density at radius 3 is 2.66 bits per heavy atom. The predicted molar refractivity (Wildman–Crippen MR) is 168 cm³/mol. The van der Waals surface area contributed by atoms with Crippen LogP contribution < -0.4 is 24.4 Å². The summed E-state index contributed by atoms with van der Waals surface area (Å²) in [6.07, 6.45) is 3.24. The summed E-state index contributed by atoms with van der Waals surface area (Å²) < 4.78 is 19.6. The fourth-order valence-corrected chi connectivity index (χ4v) is 7.04. The number of aromatic nitrogens is 1. The SMILES string of the molecule is COc1ccc(OC)c([C@H]2C3=C(N=c4sc(=Cc5ccc(-c6ccc(C)cc6[N+](=O)[O-])o5)c(=O)n42)c2ccccc2CC3)c1. The van der Waals surface area contributed by atoms with Crippen molar-refractivity contribution >= 4 is 28.8 Å². The molecule has 3 aromatic carbocycles. The summed E-state index contributed by atoms with van der Waals surface area (Å²) in [7, 11) is 3.23. The van der Waals surface area contributed by atoms with Crippen molar-refractivity contribution in [2.45, 2.75) is 25.8 Å². The van der Waals surface area contributed by atoms with Crippen molar-refractivity contribution in [1.82, 2.24) is 4.57 Å². The number of benzene rings is 3. The molecular formula is C34H27N3O6S. The molecule has 7 rings (SSSR count). The van der Waals surface area contributed by atoms with E-state index in [4.69, 9.17) is 18.9 Å². The summed E-state index contributed by atoms with van der Waals surface area (Å²) in [6.45, 7) is 1.80. The molecule has 2 aromatic heterocycles. The molecule has 0 radical (unpaired) electrons. The number of aryl methyl sites for hydroxylation is 2. The molecule has 0 fully saturated rings. The minimum absolute atomic E-state index is 0.0385. The van der Waals surface area contributed by atoms with Gasteiger partial charge >= 0.3 is 0 Å². The van der Waals surface area contributed by atoms with Crippen molar-refractivity contribution in [2.75, 3.05) is 14.2 Å². The van der Waals surface area contributed by atoms with Gasteiger partial charge in [0.15, 0.2) is 4.80 Å². The average molecular weight is 606 g/mol. The first kappa shape index (κ1) is 27.6. The molecule has 0 saturated carbocycles. The fraction of sp³-hybridized carbons (Fsp3) is 0.176. The van der Waals surface area contributed by atoms with E-state index in [0.29, 0.717) is 37.9 Å². The van der Waals surface area contributed by atoms with E-state index in [1.807, 2.05) is 30.3 Å². The molecule has 0 bridgehead atoms. The van der Waals surface area contributed by atoms with E-state index in [0.717, 1.165) is 40.8 Å². The van der Waals surface area contributed by atoms with Gasteiger partial charge in [0.2, 0.25) is 0 Å². The van der Waals surface area contributed by atoms with Gasteiger partial charge in [0.1, 0.15) is 23.0 Å². The summed E-state index contributed by atoms with van der Waals surface area (Å²) >= 11 is 1.28. The van der Waals surface area contributed by atoms with Crippen LogP contribution in [0, 0.1) is 17.0 Å². The molecule has 1 aliphatic heterocycles. The number of thiazole rings is 1. The summed E-state index contributed by atoms with van der Waals surface area (Å²) in [5, 5.41) is 11.7. The van der Waals surface area contributed by atoms with Crippen LogP contribution in [0.2, 0.25) is 0 Å². The molecule has 9 nitrogen and oxygen atoms in total. The summed E-state index contributed by atoms with van der Waals surface area (Å²) in [4.78, 5) is 31.1. The Balaban J connectivity index is 1.42. The van der Waals surface area contributed by atoms with E-state index >= 15 is 0 Å². The highest BCUT2D eigenvalue weighted by Crippen LogP contribution is 2.44. The number of allylic oxidation sites excluding steroid dienone is 1. The van der Waals surface area contributed by atoms with E-state index < -0.39 is 11.0 Å². The molecule has 0 amide bonds. The predicted octanol–water partition coefficient (Wildman–Crippen LogP) is 5.81. The molecule has 0 unspecified atom stereocenters. The standard InChI is InChI=1S/C34H27N3O6S/c1-19-8-12-24(27(16-19)37(39)40)29-15-11-22(43-29)18-30-33(38)36-32(26-17-21(41-2)10-14-28(26)42-3)25-13-9-20-6-4-5-7-23(20)31(25)35-34(36)44-30/h4-8,10-12,14-18,32H,9,13H2,1-3H3/t32-/m1/s1. The lowest BCUT2D eigenvalue weighted by atomic mass is 9.83. The Bertz CT molecular complexity index is 2190. The van der Waals surface area contributed by atoms with Crippen LogP contribution in [0.1, 0.15) is 40.5 Å². The second-order valence-corrected chi connectivity index (χ2v) is 11.7. The van der Waals surface area contributed by atoms with Gasteiger partial charge in [0, 0.05) is 23.3 Å². The third-order valence-electron chi connectivity index (χ3n) is 8.12. The Kier molecular flexibility index (Phi) is 6.78. The first-order valence-electron chi connectivity index (χ1n) is 14.1. The Morgan fingerprint density at radius 2 is 1.86 bits per heavy atom. The van der Waals surface area contributed by atoms with Gasteiger partial charge in [-0.3, -0.25) is 19.5 Å². The number of hydrogen-bond donors (Lipinski definition) is 0. The molecule has 0 spiro atoms. The zero-order valence-corrected chi connectivity index (χ0v) is 25.0. The lowest BCUT2D eigenvalue weighted by molar-refractivity contribution is -0.384. The summed E-state index contributed by atoms with van der Waals surface area (Å²) in [5.41, 5.74) is 5.92. The molecule has 1 aliphatic carbocycles. The monoisotopic (exact) mass is 605 g/mol. The highest BCUT2D eigenvalue weighted by atomic mass is 32.1. The average Bonchev–Trinajstić information content (AvgIpc) is 3.63. The van der Waals surface area contributed by atoms with Gasteiger partial charge in [0.25, 0.3) is 11.2 Å². The normalized spacial score (nSPS) is 15.7. The summed E-state index contributed by atoms with van der Waals surface area (Å²) in [5.74, 6) is 2.06. The fourth-order valence-electron chi connectivity index (χ4n) is 6.06. The molecule has 0 N–H and O–H groups in total. The summed E-state index contributed by atoms with van der Waals surface area (Å²) in [6, 6.07) is 21.8. The second kappa shape index (κ2) is 10.8. The van der Waals surface area contributed by atoms with Crippen LogP contribution in [0.5, 0.6) is 11.5 Å². The van der Waals surface area contributed by atoms with Crippen LogP contribution in [0.15, 0.2) is 92.6 Å². The zero-order chi connectivity index (χ0) is 30.5. The molecule has 1 atom stereocenters. The number of ether oxygens (including phenoxy) is 2. The van der Waals surface area contributed by atoms with E-state index in [2.05, 4.69) is 12.1 Å². The largest absolute Gasteiger partial charge is 0.497 e. The Hall–Kier alpha value is -5.22. The number of nitro groups is 1. The van der Waals surface area contributed by atoms with Crippen molar-refractivity contribution in [3.05, 3.63) is 136 Å². The molecule has 0 saturated heterocycles. The number of rotatable bonds is 6. The van der Waals surface area contributed by atoms with Crippen LogP contribution in [0.4, 0.5) is 5.69 Å². The third-order valence-corrected chi connectivity index (χ3v) is 9.10. The second-order valence-electron chi connectivity index (χ2n) is 10.7. The number of hydrogen-bond acceptors (Lipinski definition) is 8. The van der Waals surface area contributed by atoms with Gasteiger partial charge in [-0.25, -0.2) is 4.99 Å². The van der Waals surface area contributed by atoms with Gasteiger partial charge in [-0.2, -0.15) is 0 Å². The van der Waals surface area contributed by atoms with Gasteiger partial charge in [-0.15, -0.1) is 0 Å². The van der Waals surface area contributed by atoms with Crippen molar-refractivity contribution in [2.24, 2.45) is 4.99 Å². The molecule has 3 heterocycles. The molecule has 10 heteroatoms. The topological polar surface area (TPSA) is 109 Å². The van der Waals surface area contributed by atoms with Gasteiger partial charge in [-0.1, -0.05) is 41.7 Å². The molecule has 2 aliphatic rings. The van der Waals surface area contributed by atoms with Crippen molar-refractivity contribution in [3.8, 4) is 22.8 Å². The first-order chi connectivity index (χ1) is 21.4. The maximum absolute atomic E-state index is 14.2. The van der Waals surface area contributed by atoms with Crippen molar-refractivity contribution in [3.63, 3.8) is 0 Å². The Morgan fingerprint density at radius 1 is 1.02 bits per heavy atom. The number of furan rings is 1. The minimum atomic E-state index is -0.454.